The fraction of sp³-hybridized carbons (Fsp3) is 0.375. The first-order chi connectivity index (χ1) is 10.8. The lowest BCUT2D eigenvalue weighted by Gasteiger charge is -2.35. The number of hydrogen-bond donors (Lipinski definition) is 1. The number of rotatable bonds is 2. The molecule has 2 aliphatic rings. The first-order valence-corrected chi connectivity index (χ1v) is 8.30. The summed E-state index contributed by atoms with van der Waals surface area (Å²) in [5.74, 6) is 0.456. The standard InChI is InChI=1S/C16H16BrN5/c17-12-2-1-3-13-15(12)22-14(8-19-13)16(9-20-21-10-16)11-4-6-18-7-5-11/h1-3,8-11,18H,4-7H2. The molecule has 0 aliphatic carbocycles. The van der Waals surface area contributed by atoms with Crippen molar-refractivity contribution in [3.8, 4) is 0 Å². The summed E-state index contributed by atoms with van der Waals surface area (Å²) in [6, 6.07) is 5.95. The summed E-state index contributed by atoms with van der Waals surface area (Å²) >= 11 is 3.57. The molecule has 4 rings (SSSR count). The van der Waals surface area contributed by atoms with Crippen LogP contribution in [0.2, 0.25) is 0 Å². The number of aromatic nitrogens is 2. The van der Waals surface area contributed by atoms with Crippen LogP contribution < -0.4 is 5.32 Å². The number of hydrogen-bond acceptors (Lipinski definition) is 5. The Hall–Kier alpha value is -1.66. The van der Waals surface area contributed by atoms with Crippen LogP contribution in [0, 0.1) is 5.92 Å². The van der Waals surface area contributed by atoms with Crippen molar-refractivity contribution in [1.29, 1.82) is 0 Å². The van der Waals surface area contributed by atoms with Crippen LogP contribution in [-0.4, -0.2) is 35.5 Å². The predicted molar refractivity (Wildman–Crippen MR) is 91.5 cm³/mol. The Kier molecular flexibility index (Phi) is 3.50. The van der Waals surface area contributed by atoms with Crippen molar-refractivity contribution in [3.63, 3.8) is 0 Å². The molecule has 1 aromatic heterocycles. The molecule has 1 fully saturated rings. The smallest absolute Gasteiger partial charge is 0.103 e. The van der Waals surface area contributed by atoms with E-state index in [4.69, 9.17) is 4.98 Å². The maximum absolute atomic E-state index is 4.89. The third-order valence-electron chi connectivity index (χ3n) is 4.59. The van der Waals surface area contributed by atoms with E-state index in [2.05, 4.69) is 36.4 Å². The number of benzene rings is 1. The second kappa shape index (κ2) is 5.52. The van der Waals surface area contributed by atoms with E-state index in [0.29, 0.717) is 5.92 Å². The Labute approximate surface area is 137 Å². The molecule has 112 valence electrons. The third-order valence-corrected chi connectivity index (χ3v) is 5.23. The van der Waals surface area contributed by atoms with Crippen molar-refractivity contribution < 1.29 is 0 Å². The molecular weight excluding hydrogens is 342 g/mol. The number of fused-ring (bicyclic) bond motifs is 1. The summed E-state index contributed by atoms with van der Waals surface area (Å²) in [4.78, 5) is 9.49. The minimum absolute atomic E-state index is 0.321. The summed E-state index contributed by atoms with van der Waals surface area (Å²) in [6.07, 6.45) is 7.94. The number of piperidine rings is 1. The second-order valence-electron chi connectivity index (χ2n) is 5.81. The lowest BCUT2D eigenvalue weighted by Crippen LogP contribution is -2.43. The van der Waals surface area contributed by atoms with Gasteiger partial charge in [0, 0.05) is 16.9 Å². The van der Waals surface area contributed by atoms with Crippen LogP contribution >= 0.6 is 15.9 Å². The minimum atomic E-state index is -0.321. The van der Waals surface area contributed by atoms with Crippen molar-refractivity contribution >= 4 is 39.4 Å². The van der Waals surface area contributed by atoms with Gasteiger partial charge in [0.15, 0.2) is 0 Å². The predicted octanol–water partition coefficient (Wildman–Crippen LogP) is 2.70. The normalized spacial score (nSPS) is 20.8. The summed E-state index contributed by atoms with van der Waals surface area (Å²) in [5.41, 5.74) is 2.40. The fourth-order valence-electron chi connectivity index (χ4n) is 3.35. The second-order valence-corrected chi connectivity index (χ2v) is 6.66. The highest BCUT2D eigenvalue weighted by molar-refractivity contribution is 9.10. The number of para-hydroxylation sites is 1. The summed E-state index contributed by atoms with van der Waals surface area (Å²) < 4.78 is 0.965. The van der Waals surface area contributed by atoms with E-state index >= 15 is 0 Å². The molecule has 0 atom stereocenters. The summed E-state index contributed by atoms with van der Waals surface area (Å²) in [5, 5.41) is 11.7. The third kappa shape index (κ3) is 2.18. The Morgan fingerprint density at radius 2 is 1.91 bits per heavy atom. The zero-order valence-corrected chi connectivity index (χ0v) is 13.6. The molecule has 1 saturated heterocycles. The maximum Gasteiger partial charge on any atom is 0.103 e. The average molecular weight is 358 g/mol. The van der Waals surface area contributed by atoms with Gasteiger partial charge < -0.3 is 5.32 Å². The topological polar surface area (TPSA) is 62.5 Å². The maximum atomic E-state index is 4.89. The van der Waals surface area contributed by atoms with Crippen LogP contribution in [0.5, 0.6) is 0 Å². The van der Waals surface area contributed by atoms with Gasteiger partial charge in [-0.05, 0) is 59.9 Å². The molecule has 22 heavy (non-hydrogen) atoms. The lowest BCUT2D eigenvalue weighted by molar-refractivity contribution is 0.328. The van der Waals surface area contributed by atoms with Gasteiger partial charge in [-0.2, -0.15) is 10.2 Å². The molecule has 0 radical (unpaired) electrons. The van der Waals surface area contributed by atoms with E-state index in [0.717, 1.165) is 47.1 Å². The Morgan fingerprint density at radius 3 is 2.68 bits per heavy atom. The molecule has 6 heteroatoms. The van der Waals surface area contributed by atoms with Crippen LogP contribution in [0.3, 0.4) is 0 Å². The quantitative estimate of drug-likeness (QED) is 0.898. The van der Waals surface area contributed by atoms with Crippen LogP contribution in [0.15, 0.2) is 39.1 Å². The first kappa shape index (κ1) is 14.0. The highest BCUT2D eigenvalue weighted by atomic mass is 79.9. The van der Waals surface area contributed by atoms with Crippen molar-refractivity contribution in [2.24, 2.45) is 16.1 Å². The van der Waals surface area contributed by atoms with Crippen LogP contribution in [0.25, 0.3) is 11.0 Å². The zero-order valence-electron chi connectivity index (χ0n) is 12.0. The van der Waals surface area contributed by atoms with E-state index in [-0.39, 0.29) is 5.41 Å². The fourth-order valence-corrected chi connectivity index (χ4v) is 3.79. The van der Waals surface area contributed by atoms with Crippen molar-refractivity contribution in [2.75, 3.05) is 13.1 Å². The number of nitrogens with one attached hydrogen (secondary N) is 1. The molecule has 2 aromatic rings. The van der Waals surface area contributed by atoms with E-state index in [1.54, 1.807) is 0 Å². The highest BCUT2D eigenvalue weighted by Gasteiger charge is 2.42. The molecule has 5 nitrogen and oxygen atoms in total. The van der Waals surface area contributed by atoms with E-state index in [9.17, 15) is 0 Å². The largest absolute Gasteiger partial charge is 0.317 e. The average Bonchev–Trinajstić information content (AvgIpc) is 3.07. The minimum Gasteiger partial charge on any atom is -0.317 e. The first-order valence-electron chi connectivity index (χ1n) is 7.51. The van der Waals surface area contributed by atoms with Gasteiger partial charge in [0.1, 0.15) is 5.52 Å². The van der Waals surface area contributed by atoms with E-state index < -0.39 is 0 Å². The van der Waals surface area contributed by atoms with Crippen LogP contribution in [0.1, 0.15) is 18.5 Å². The van der Waals surface area contributed by atoms with E-state index in [1.807, 2.05) is 36.8 Å². The molecule has 0 spiro atoms. The van der Waals surface area contributed by atoms with Crippen molar-refractivity contribution in [3.05, 3.63) is 34.6 Å². The number of nitrogens with zero attached hydrogens (tertiary/aromatic N) is 4. The summed E-state index contributed by atoms with van der Waals surface area (Å²) in [6.45, 7) is 2.05. The SMILES string of the molecule is Brc1cccc2ncc(C3(C4CCNCC4)C=NN=C3)nc12. The molecule has 2 aliphatic heterocycles. The van der Waals surface area contributed by atoms with Crippen molar-refractivity contribution in [2.45, 2.75) is 18.3 Å². The highest BCUT2D eigenvalue weighted by Crippen LogP contribution is 2.36. The van der Waals surface area contributed by atoms with Crippen LogP contribution in [-0.2, 0) is 5.41 Å². The van der Waals surface area contributed by atoms with Gasteiger partial charge in [0.2, 0.25) is 0 Å². The van der Waals surface area contributed by atoms with Crippen molar-refractivity contribution in [1.82, 2.24) is 15.3 Å². The molecule has 3 heterocycles. The van der Waals surface area contributed by atoms with Crippen LogP contribution in [0.4, 0.5) is 0 Å². The van der Waals surface area contributed by atoms with E-state index in [1.165, 1.54) is 0 Å². The molecule has 1 N–H and O–H groups in total. The zero-order chi connectivity index (χ0) is 15.0. The Morgan fingerprint density at radius 1 is 1.14 bits per heavy atom. The molecule has 1 aromatic carbocycles. The van der Waals surface area contributed by atoms with Gasteiger partial charge in [0.05, 0.1) is 22.8 Å². The van der Waals surface area contributed by atoms with Gasteiger partial charge >= 0.3 is 0 Å². The molecule has 0 bridgehead atoms. The van der Waals surface area contributed by atoms with Gasteiger partial charge in [-0.25, -0.2) is 4.98 Å². The monoisotopic (exact) mass is 357 g/mol. The molecule has 0 unspecified atom stereocenters. The van der Waals surface area contributed by atoms with Gasteiger partial charge in [-0.15, -0.1) is 0 Å². The Bertz CT molecular complexity index is 752. The Balaban J connectivity index is 1.85. The van der Waals surface area contributed by atoms with Gasteiger partial charge in [-0.3, -0.25) is 4.98 Å². The van der Waals surface area contributed by atoms with Gasteiger partial charge in [-0.1, -0.05) is 6.07 Å². The van der Waals surface area contributed by atoms with Gasteiger partial charge in [0.25, 0.3) is 0 Å². The molecular formula is C16H16BrN5. The molecule has 0 saturated carbocycles. The molecule has 0 amide bonds. The lowest BCUT2D eigenvalue weighted by atomic mass is 9.71. The number of halogens is 1. The summed E-state index contributed by atoms with van der Waals surface area (Å²) in [7, 11) is 0.